The summed E-state index contributed by atoms with van der Waals surface area (Å²) in [6.45, 7) is 1.02. The quantitative estimate of drug-likeness (QED) is 0.302. The molecule has 5 rings (SSSR count). The van der Waals surface area contributed by atoms with Crippen molar-refractivity contribution < 1.29 is 17.9 Å². The lowest BCUT2D eigenvalue weighted by molar-refractivity contribution is 0.324. The zero-order valence-electron chi connectivity index (χ0n) is 21.2. The van der Waals surface area contributed by atoms with Gasteiger partial charge in [0, 0.05) is 25.3 Å². The summed E-state index contributed by atoms with van der Waals surface area (Å²) in [5.74, 6) is 1.31. The van der Waals surface area contributed by atoms with E-state index in [-0.39, 0.29) is 6.04 Å². The summed E-state index contributed by atoms with van der Waals surface area (Å²) >= 11 is 0. The Morgan fingerprint density at radius 2 is 1.70 bits per heavy atom. The van der Waals surface area contributed by atoms with Crippen molar-refractivity contribution in [1.82, 2.24) is 18.8 Å². The highest BCUT2D eigenvalue weighted by molar-refractivity contribution is 7.89. The van der Waals surface area contributed by atoms with E-state index >= 15 is 0 Å². The molecule has 0 atom stereocenters. The van der Waals surface area contributed by atoms with Crippen molar-refractivity contribution in [1.29, 1.82) is 0 Å². The third-order valence-corrected chi connectivity index (χ3v) is 9.07. The van der Waals surface area contributed by atoms with E-state index in [2.05, 4.69) is 9.97 Å². The maximum atomic E-state index is 13.8. The molecule has 1 saturated carbocycles. The van der Waals surface area contributed by atoms with Gasteiger partial charge in [-0.1, -0.05) is 31.0 Å². The number of hydrogen-bond donors (Lipinski definition) is 0. The van der Waals surface area contributed by atoms with Gasteiger partial charge in [-0.25, -0.2) is 13.4 Å². The highest BCUT2D eigenvalue weighted by Crippen LogP contribution is 2.31. The van der Waals surface area contributed by atoms with Crippen LogP contribution in [-0.2, 0) is 23.0 Å². The van der Waals surface area contributed by atoms with Gasteiger partial charge in [-0.05, 0) is 60.7 Å². The van der Waals surface area contributed by atoms with Crippen LogP contribution in [-0.4, -0.2) is 54.1 Å². The van der Waals surface area contributed by atoms with Crippen molar-refractivity contribution in [3.05, 3.63) is 78.4 Å². The molecular formula is C28H32N4O4S. The second-order valence-corrected chi connectivity index (χ2v) is 11.3. The van der Waals surface area contributed by atoms with Crippen LogP contribution in [0.2, 0.25) is 0 Å². The van der Waals surface area contributed by atoms with E-state index < -0.39 is 10.0 Å². The van der Waals surface area contributed by atoms with Crippen molar-refractivity contribution in [2.45, 2.75) is 49.6 Å². The Labute approximate surface area is 217 Å². The molecule has 2 aromatic heterocycles. The van der Waals surface area contributed by atoms with E-state index in [0.717, 1.165) is 47.8 Å². The van der Waals surface area contributed by atoms with Crippen molar-refractivity contribution in [2.75, 3.05) is 20.8 Å². The normalized spacial score (nSPS) is 14.5. The SMILES string of the molecule is COc1ccc(CCN(C2CCCC2)S(=O)(=O)c2ccc(Cn3cnc4cnccc43)cc2)cc1OC. The largest absolute Gasteiger partial charge is 0.493 e. The number of nitrogens with zero attached hydrogens (tertiary/aromatic N) is 4. The van der Waals surface area contributed by atoms with E-state index in [1.54, 1.807) is 49.4 Å². The molecular weight excluding hydrogens is 488 g/mol. The van der Waals surface area contributed by atoms with Crippen LogP contribution in [0.3, 0.4) is 0 Å². The molecule has 0 unspecified atom stereocenters. The van der Waals surface area contributed by atoms with Crippen LogP contribution in [0.5, 0.6) is 11.5 Å². The number of methoxy groups -OCH3 is 2. The Morgan fingerprint density at radius 3 is 2.43 bits per heavy atom. The second-order valence-electron chi connectivity index (χ2n) is 9.37. The van der Waals surface area contributed by atoms with Gasteiger partial charge in [0.1, 0.15) is 5.52 Å². The van der Waals surface area contributed by atoms with Crippen LogP contribution < -0.4 is 9.47 Å². The topological polar surface area (TPSA) is 86.6 Å². The van der Waals surface area contributed by atoms with Gasteiger partial charge >= 0.3 is 0 Å². The minimum Gasteiger partial charge on any atom is -0.493 e. The van der Waals surface area contributed by atoms with E-state index in [4.69, 9.17) is 9.47 Å². The lowest BCUT2D eigenvalue weighted by Crippen LogP contribution is -2.40. The first kappa shape index (κ1) is 25.2. The fraction of sp³-hybridized carbons (Fsp3) is 0.357. The van der Waals surface area contributed by atoms with Gasteiger partial charge in [0.25, 0.3) is 0 Å². The van der Waals surface area contributed by atoms with Gasteiger partial charge in [0.2, 0.25) is 10.0 Å². The molecule has 0 N–H and O–H groups in total. The van der Waals surface area contributed by atoms with Crippen molar-refractivity contribution >= 4 is 21.1 Å². The summed E-state index contributed by atoms with van der Waals surface area (Å²) in [6, 6.07) is 14.9. The first-order valence-corrected chi connectivity index (χ1v) is 14.0. The van der Waals surface area contributed by atoms with Gasteiger partial charge < -0.3 is 14.0 Å². The van der Waals surface area contributed by atoms with Crippen molar-refractivity contribution in [2.24, 2.45) is 0 Å². The molecule has 8 nitrogen and oxygen atoms in total. The lowest BCUT2D eigenvalue weighted by Gasteiger charge is -2.28. The number of aromatic nitrogens is 3. The summed E-state index contributed by atoms with van der Waals surface area (Å²) in [5, 5.41) is 0. The fourth-order valence-corrected chi connectivity index (χ4v) is 6.79. The highest BCUT2D eigenvalue weighted by Gasteiger charge is 2.33. The smallest absolute Gasteiger partial charge is 0.243 e. The van der Waals surface area contributed by atoms with Gasteiger partial charge in [0.05, 0.1) is 37.2 Å². The number of fused-ring (bicyclic) bond motifs is 1. The molecule has 0 saturated heterocycles. The lowest BCUT2D eigenvalue weighted by atomic mass is 10.1. The third-order valence-electron chi connectivity index (χ3n) is 7.11. The number of benzene rings is 2. The number of imidazole rings is 1. The van der Waals surface area contributed by atoms with Gasteiger partial charge in [-0.15, -0.1) is 0 Å². The predicted octanol–water partition coefficient (Wildman–Crippen LogP) is 4.67. The molecule has 37 heavy (non-hydrogen) atoms. The molecule has 1 aliphatic carbocycles. The molecule has 2 heterocycles. The Bertz CT molecular complexity index is 1460. The fourth-order valence-electron chi connectivity index (χ4n) is 5.11. The molecule has 2 aromatic carbocycles. The minimum absolute atomic E-state index is 0.0238. The maximum absolute atomic E-state index is 13.8. The third kappa shape index (κ3) is 5.33. The molecule has 1 aliphatic rings. The molecule has 0 bridgehead atoms. The monoisotopic (exact) mass is 520 g/mol. The molecule has 9 heteroatoms. The Morgan fingerprint density at radius 1 is 0.973 bits per heavy atom. The molecule has 1 fully saturated rings. The second kappa shape index (κ2) is 10.9. The summed E-state index contributed by atoms with van der Waals surface area (Å²) in [5.41, 5.74) is 3.85. The molecule has 4 aromatic rings. The Balaban J connectivity index is 1.35. The van der Waals surface area contributed by atoms with Gasteiger partial charge in [-0.2, -0.15) is 4.31 Å². The van der Waals surface area contributed by atoms with E-state index in [1.165, 1.54) is 0 Å². The molecule has 0 aliphatic heterocycles. The van der Waals surface area contributed by atoms with Crippen LogP contribution in [0.25, 0.3) is 11.0 Å². The number of pyridine rings is 1. The summed E-state index contributed by atoms with van der Waals surface area (Å²) in [7, 11) is -0.439. The molecule has 194 valence electrons. The van der Waals surface area contributed by atoms with Crippen molar-refractivity contribution in [3.8, 4) is 11.5 Å². The average molecular weight is 521 g/mol. The number of rotatable bonds is 10. The summed E-state index contributed by atoms with van der Waals surface area (Å²) in [4.78, 5) is 8.83. The minimum atomic E-state index is -3.65. The average Bonchev–Trinajstić information content (AvgIpc) is 3.60. The van der Waals surface area contributed by atoms with Crippen LogP contribution >= 0.6 is 0 Å². The zero-order chi connectivity index (χ0) is 25.8. The van der Waals surface area contributed by atoms with Gasteiger partial charge in [0.15, 0.2) is 11.5 Å². The van der Waals surface area contributed by atoms with Crippen LogP contribution in [0.1, 0.15) is 36.8 Å². The zero-order valence-corrected chi connectivity index (χ0v) is 22.0. The van der Waals surface area contributed by atoms with Crippen LogP contribution in [0.4, 0.5) is 0 Å². The van der Waals surface area contributed by atoms with Gasteiger partial charge in [-0.3, -0.25) is 4.98 Å². The Hall–Kier alpha value is -3.43. The van der Waals surface area contributed by atoms with Crippen molar-refractivity contribution in [3.63, 3.8) is 0 Å². The van der Waals surface area contributed by atoms with E-state index in [0.29, 0.717) is 35.9 Å². The number of hydrogen-bond acceptors (Lipinski definition) is 6. The standard InChI is InChI=1S/C28H32N4O4S/c1-35-27-12-9-21(17-28(27)36-2)14-16-32(23-5-3-4-6-23)37(33,34)24-10-7-22(8-11-24)19-31-20-30-25-18-29-15-13-26(25)31/h7-13,15,17-18,20,23H,3-6,14,16,19H2,1-2H3. The predicted molar refractivity (Wildman–Crippen MR) is 142 cm³/mol. The maximum Gasteiger partial charge on any atom is 0.243 e. The number of ether oxygens (including phenoxy) is 2. The van der Waals surface area contributed by atoms with E-state index in [9.17, 15) is 8.42 Å². The van der Waals surface area contributed by atoms with Crippen LogP contribution in [0.15, 0.2) is 72.1 Å². The Kier molecular flexibility index (Phi) is 7.43. The summed E-state index contributed by atoms with van der Waals surface area (Å²) < 4.78 is 42.2. The molecule has 0 radical (unpaired) electrons. The first-order valence-electron chi connectivity index (χ1n) is 12.6. The summed E-state index contributed by atoms with van der Waals surface area (Å²) in [6.07, 6.45) is 9.76. The molecule has 0 spiro atoms. The molecule has 0 amide bonds. The van der Waals surface area contributed by atoms with Crippen LogP contribution in [0, 0.1) is 0 Å². The first-order chi connectivity index (χ1) is 18.0. The van der Waals surface area contributed by atoms with E-state index in [1.807, 2.05) is 41.0 Å². The highest BCUT2D eigenvalue weighted by atomic mass is 32.2. The number of sulfonamides is 1.